The Morgan fingerprint density at radius 1 is 1.18 bits per heavy atom. The number of hydrogen-bond acceptors (Lipinski definition) is 4. The molecule has 1 fully saturated rings. The summed E-state index contributed by atoms with van der Waals surface area (Å²) in [6.07, 6.45) is 3.86. The molecule has 1 aliphatic rings. The fourth-order valence-corrected chi connectivity index (χ4v) is 4.23. The molecular weight excluding hydrogens is 494 g/mol. The number of benzene rings is 2. The topological polar surface area (TPSA) is 69.0 Å². The van der Waals surface area contributed by atoms with Gasteiger partial charge in [0.25, 0.3) is 0 Å². The number of aromatic nitrogens is 3. The highest BCUT2D eigenvalue weighted by Crippen LogP contribution is 2.39. The van der Waals surface area contributed by atoms with E-state index in [1.165, 1.54) is 36.2 Å². The lowest BCUT2D eigenvalue weighted by atomic mass is 10.0. The predicted molar refractivity (Wildman–Crippen MR) is 123 cm³/mol. The lowest BCUT2D eigenvalue weighted by Crippen LogP contribution is -2.26. The van der Waals surface area contributed by atoms with Gasteiger partial charge in [0, 0.05) is 17.8 Å². The van der Waals surface area contributed by atoms with Crippen LogP contribution in [0.5, 0.6) is 5.88 Å². The molecule has 168 valence electrons. The van der Waals surface area contributed by atoms with Gasteiger partial charge in [0.05, 0.1) is 28.9 Å². The molecule has 2 aromatic carbocycles. The number of fused-ring (bicyclic) bond motifs is 1. The average molecular weight is 513 g/mol. The third kappa shape index (κ3) is 4.08. The summed E-state index contributed by atoms with van der Waals surface area (Å²) < 4.78 is 36.5. The van der Waals surface area contributed by atoms with E-state index in [9.17, 15) is 13.6 Å². The Bertz CT molecular complexity index is 1350. The molecule has 1 amide bonds. The van der Waals surface area contributed by atoms with Crippen LogP contribution in [0.3, 0.4) is 0 Å². The SMILES string of the molecule is COc1ncc(Br)c2c1c(-c1ccc(CC(=O)NC3CC3)cc1)nn2-c1c(F)cccc1F. The standard InChI is InChI=1S/C24H19BrF2N4O2/c1-33-24-20-21(14-7-5-13(6-8-14)11-19(32)29-15-9-10-15)30-31(22(20)16(25)12-28-24)23-17(26)3-2-4-18(23)27/h2-8,12,15H,9-11H2,1H3,(H,29,32). The first kappa shape index (κ1) is 21.5. The molecule has 6 nitrogen and oxygen atoms in total. The van der Waals surface area contributed by atoms with Gasteiger partial charge in [0.2, 0.25) is 11.8 Å². The van der Waals surface area contributed by atoms with Crippen LogP contribution in [0.2, 0.25) is 0 Å². The van der Waals surface area contributed by atoms with E-state index in [0.717, 1.165) is 18.4 Å². The third-order valence-electron chi connectivity index (χ3n) is 5.50. The van der Waals surface area contributed by atoms with E-state index >= 15 is 0 Å². The first-order chi connectivity index (χ1) is 16.0. The number of rotatable bonds is 6. The lowest BCUT2D eigenvalue weighted by molar-refractivity contribution is -0.120. The van der Waals surface area contributed by atoms with Crippen molar-refractivity contribution in [3.05, 3.63) is 70.3 Å². The van der Waals surface area contributed by atoms with E-state index in [-0.39, 0.29) is 23.9 Å². The molecular formula is C24H19BrF2N4O2. The Morgan fingerprint density at radius 3 is 2.52 bits per heavy atom. The fourth-order valence-electron chi connectivity index (χ4n) is 3.76. The molecule has 1 aliphatic carbocycles. The predicted octanol–water partition coefficient (Wildman–Crippen LogP) is 4.96. The molecule has 9 heteroatoms. The normalized spacial score (nSPS) is 13.3. The molecule has 0 aliphatic heterocycles. The summed E-state index contributed by atoms with van der Waals surface area (Å²) in [6, 6.07) is 11.3. The summed E-state index contributed by atoms with van der Waals surface area (Å²) in [6.45, 7) is 0. The maximum atomic E-state index is 14.7. The fraction of sp³-hybridized carbons (Fsp3) is 0.208. The number of carbonyl (C=O) groups is 1. The van der Waals surface area contributed by atoms with Gasteiger partial charge in [-0.25, -0.2) is 18.4 Å². The van der Waals surface area contributed by atoms with Crippen molar-refractivity contribution >= 4 is 32.7 Å². The van der Waals surface area contributed by atoms with Gasteiger partial charge in [-0.15, -0.1) is 0 Å². The largest absolute Gasteiger partial charge is 0.480 e. The van der Waals surface area contributed by atoms with Crippen LogP contribution in [-0.4, -0.2) is 33.8 Å². The second kappa shape index (κ2) is 8.55. The van der Waals surface area contributed by atoms with E-state index in [1.807, 2.05) is 24.3 Å². The zero-order chi connectivity index (χ0) is 23.1. The number of ether oxygens (including phenoxy) is 1. The first-order valence-corrected chi connectivity index (χ1v) is 11.2. The second-order valence-electron chi connectivity index (χ2n) is 7.89. The maximum Gasteiger partial charge on any atom is 0.225 e. The molecule has 5 rings (SSSR count). The molecule has 0 saturated heterocycles. The zero-order valence-electron chi connectivity index (χ0n) is 17.6. The van der Waals surface area contributed by atoms with Crippen LogP contribution in [0.15, 0.2) is 53.1 Å². The van der Waals surface area contributed by atoms with Gasteiger partial charge < -0.3 is 10.1 Å². The zero-order valence-corrected chi connectivity index (χ0v) is 19.2. The van der Waals surface area contributed by atoms with Crippen LogP contribution in [-0.2, 0) is 11.2 Å². The first-order valence-electron chi connectivity index (χ1n) is 10.4. The van der Waals surface area contributed by atoms with Crippen molar-refractivity contribution in [2.24, 2.45) is 0 Å². The van der Waals surface area contributed by atoms with Crippen molar-refractivity contribution < 1.29 is 18.3 Å². The summed E-state index contributed by atoms with van der Waals surface area (Å²) in [5.74, 6) is -1.22. The molecule has 2 heterocycles. The van der Waals surface area contributed by atoms with E-state index in [1.54, 1.807) is 0 Å². The molecule has 0 radical (unpaired) electrons. The molecule has 0 atom stereocenters. The number of nitrogens with zero attached hydrogens (tertiary/aromatic N) is 3. The van der Waals surface area contributed by atoms with Crippen LogP contribution >= 0.6 is 15.9 Å². The number of para-hydroxylation sites is 1. The quantitative estimate of drug-likeness (QED) is 0.396. The highest BCUT2D eigenvalue weighted by Gasteiger charge is 2.25. The average Bonchev–Trinajstić information content (AvgIpc) is 3.52. The van der Waals surface area contributed by atoms with Crippen molar-refractivity contribution in [3.63, 3.8) is 0 Å². The third-order valence-corrected chi connectivity index (χ3v) is 6.08. The van der Waals surface area contributed by atoms with Crippen LogP contribution in [0, 0.1) is 11.6 Å². The van der Waals surface area contributed by atoms with Gasteiger partial charge in [0.1, 0.15) is 11.4 Å². The van der Waals surface area contributed by atoms with Gasteiger partial charge in [-0.05, 0) is 46.5 Å². The smallest absolute Gasteiger partial charge is 0.225 e. The Hall–Kier alpha value is -3.33. The summed E-state index contributed by atoms with van der Waals surface area (Å²) in [4.78, 5) is 16.4. The van der Waals surface area contributed by atoms with Crippen LogP contribution in [0.4, 0.5) is 8.78 Å². The van der Waals surface area contributed by atoms with Gasteiger partial charge in [-0.1, -0.05) is 30.3 Å². The summed E-state index contributed by atoms with van der Waals surface area (Å²) in [5, 5.41) is 8.05. The molecule has 0 unspecified atom stereocenters. The molecule has 0 bridgehead atoms. The summed E-state index contributed by atoms with van der Waals surface area (Å²) in [7, 11) is 1.47. The van der Waals surface area contributed by atoms with Crippen molar-refractivity contribution in [1.82, 2.24) is 20.1 Å². The van der Waals surface area contributed by atoms with Gasteiger partial charge >= 0.3 is 0 Å². The summed E-state index contributed by atoms with van der Waals surface area (Å²) >= 11 is 3.44. The highest BCUT2D eigenvalue weighted by atomic mass is 79.9. The number of carbonyl (C=O) groups excluding carboxylic acids is 1. The minimum Gasteiger partial charge on any atom is -0.480 e. The number of amides is 1. The second-order valence-corrected chi connectivity index (χ2v) is 8.74. The minimum atomic E-state index is -0.745. The Balaban J connectivity index is 1.62. The van der Waals surface area contributed by atoms with Crippen LogP contribution in [0.25, 0.3) is 27.8 Å². The Morgan fingerprint density at radius 2 is 1.88 bits per heavy atom. The number of halogens is 3. The molecule has 4 aromatic rings. The van der Waals surface area contributed by atoms with Crippen molar-refractivity contribution in [3.8, 4) is 22.8 Å². The monoisotopic (exact) mass is 512 g/mol. The van der Waals surface area contributed by atoms with Gasteiger partial charge in [0.15, 0.2) is 11.6 Å². The number of hydrogen-bond donors (Lipinski definition) is 1. The van der Waals surface area contributed by atoms with E-state index in [0.29, 0.717) is 32.7 Å². The number of nitrogens with one attached hydrogen (secondary N) is 1. The highest BCUT2D eigenvalue weighted by molar-refractivity contribution is 9.10. The molecule has 33 heavy (non-hydrogen) atoms. The Kier molecular flexibility index (Phi) is 5.57. The van der Waals surface area contributed by atoms with Crippen LogP contribution in [0.1, 0.15) is 18.4 Å². The number of methoxy groups -OCH3 is 1. The molecule has 1 saturated carbocycles. The maximum absolute atomic E-state index is 14.7. The van der Waals surface area contributed by atoms with Crippen molar-refractivity contribution in [2.45, 2.75) is 25.3 Å². The van der Waals surface area contributed by atoms with E-state index < -0.39 is 11.6 Å². The molecule has 1 N–H and O–H groups in total. The van der Waals surface area contributed by atoms with Gasteiger partial charge in [-0.2, -0.15) is 5.10 Å². The lowest BCUT2D eigenvalue weighted by Gasteiger charge is -2.08. The van der Waals surface area contributed by atoms with Crippen LogP contribution < -0.4 is 10.1 Å². The summed E-state index contributed by atoms with van der Waals surface area (Å²) in [5.41, 5.74) is 2.13. The number of pyridine rings is 1. The van der Waals surface area contributed by atoms with Gasteiger partial charge in [-0.3, -0.25) is 4.79 Å². The van der Waals surface area contributed by atoms with E-state index in [2.05, 4.69) is 31.3 Å². The van der Waals surface area contributed by atoms with Crippen molar-refractivity contribution in [2.75, 3.05) is 7.11 Å². The van der Waals surface area contributed by atoms with Crippen molar-refractivity contribution in [1.29, 1.82) is 0 Å². The minimum absolute atomic E-state index is 0.00944. The molecule has 0 spiro atoms. The molecule has 2 aromatic heterocycles. The van der Waals surface area contributed by atoms with E-state index in [4.69, 9.17) is 4.74 Å². The Labute approximate surface area is 196 Å².